The van der Waals surface area contributed by atoms with Crippen LogP contribution in [0.3, 0.4) is 0 Å². The molecule has 2 rings (SSSR count). The third-order valence-corrected chi connectivity index (χ3v) is 5.45. The molecule has 8 heteroatoms. The summed E-state index contributed by atoms with van der Waals surface area (Å²) in [4.78, 5) is 0. The first-order valence-electron chi connectivity index (χ1n) is 7.04. The molecule has 0 bridgehead atoms. The van der Waals surface area contributed by atoms with Gasteiger partial charge >= 0.3 is 0 Å². The second-order valence-corrected chi connectivity index (χ2v) is 7.55. The summed E-state index contributed by atoms with van der Waals surface area (Å²) in [5.74, 6) is 0. The third kappa shape index (κ3) is 4.03. The Bertz CT molecular complexity index is 558. The van der Waals surface area contributed by atoms with Gasteiger partial charge in [0, 0.05) is 32.5 Å². The van der Waals surface area contributed by atoms with Crippen molar-refractivity contribution in [1.29, 1.82) is 0 Å². The Labute approximate surface area is 125 Å². The monoisotopic (exact) mass is 317 g/mol. The van der Waals surface area contributed by atoms with Gasteiger partial charge in [-0.25, -0.2) is 13.1 Å². The second kappa shape index (κ2) is 6.87. The highest BCUT2D eigenvalue weighted by molar-refractivity contribution is 7.90. The molecule has 1 aliphatic heterocycles. The van der Waals surface area contributed by atoms with Crippen molar-refractivity contribution in [1.82, 2.24) is 14.5 Å². The Balaban J connectivity index is 2.12. The van der Waals surface area contributed by atoms with Crippen molar-refractivity contribution in [3.8, 4) is 0 Å². The van der Waals surface area contributed by atoms with E-state index in [1.165, 1.54) is 7.11 Å². The van der Waals surface area contributed by atoms with Gasteiger partial charge in [0.1, 0.15) is 6.10 Å². The summed E-state index contributed by atoms with van der Waals surface area (Å²) >= 11 is 0. The van der Waals surface area contributed by atoms with Crippen molar-refractivity contribution in [2.24, 2.45) is 7.05 Å². The molecule has 2 heterocycles. The van der Waals surface area contributed by atoms with Gasteiger partial charge in [-0.1, -0.05) is 0 Å². The summed E-state index contributed by atoms with van der Waals surface area (Å²) in [7, 11) is -0.119. The molecule has 1 aromatic heterocycles. The molecule has 1 aromatic rings. The summed E-state index contributed by atoms with van der Waals surface area (Å²) in [6, 6.07) is -0.271. The molecule has 0 spiro atoms. The van der Waals surface area contributed by atoms with Crippen molar-refractivity contribution in [2.75, 3.05) is 20.3 Å². The zero-order valence-electron chi connectivity index (χ0n) is 12.7. The van der Waals surface area contributed by atoms with Crippen molar-refractivity contribution in [2.45, 2.75) is 37.2 Å². The van der Waals surface area contributed by atoms with E-state index in [9.17, 15) is 8.42 Å². The Kier molecular flexibility index (Phi) is 5.37. The molecule has 0 amide bonds. The number of aryl methyl sites for hydroxylation is 1. The van der Waals surface area contributed by atoms with Gasteiger partial charge in [-0.2, -0.15) is 5.10 Å². The Hall–Kier alpha value is -0.960. The predicted octanol–water partition coefficient (Wildman–Crippen LogP) is 0.595. The lowest BCUT2D eigenvalue weighted by molar-refractivity contribution is -0.00457. The van der Waals surface area contributed by atoms with Crippen molar-refractivity contribution < 1.29 is 17.9 Å². The quantitative estimate of drug-likeness (QED) is 0.830. The molecule has 0 unspecified atom stereocenters. The number of nitrogens with one attached hydrogen (secondary N) is 1. The fourth-order valence-electron chi connectivity index (χ4n) is 2.47. The first-order valence-corrected chi connectivity index (χ1v) is 8.59. The number of ether oxygens (including phenoxy) is 2. The van der Waals surface area contributed by atoms with Crippen molar-refractivity contribution >= 4 is 10.0 Å². The van der Waals surface area contributed by atoms with E-state index in [2.05, 4.69) is 9.82 Å². The smallest absolute Gasteiger partial charge is 0.216 e. The maximum absolute atomic E-state index is 12.3. The van der Waals surface area contributed by atoms with Crippen LogP contribution in [0.1, 0.15) is 31.4 Å². The molecule has 0 saturated carbocycles. The molecule has 1 aliphatic rings. The molecule has 21 heavy (non-hydrogen) atoms. The Morgan fingerprint density at radius 1 is 1.62 bits per heavy atom. The molecule has 7 nitrogen and oxygen atoms in total. The van der Waals surface area contributed by atoms with Crippen LogP contribution >= 0.6 is 0 Å². The van der Waals surface area contributed by atoms with Crippen LogP contribution in [0.2, 0.25) is 0 Å². The zero-order valence-corrected chi connectivity index (χ0v) is 13.5. The van der Waals surface area contributed by atoms with Crippen LogP contribution in [0.15, 0.2) is 12.4 Å². The van der Waals surface area contributed by atoms with Gasteiger partial charge in [-0.15, -0.1) is 0 Å². The lowest BCUT2D eigenvalue weighted by Gasteiger charge is -2.32. The minimum absolute atomic E-state index is 0.167. The van der Waals surface area contributed by atoms with E-state index < -0.39 is 15.3 Å². The van der Waals surface area contributed by atoms with E-state index in [0.29, 0.717) is 6.61 Å². The van der Waals surface area contributed by atoms with Crippen LogP contribution < -0.4 is 4.72 Å². The van der Waals surface area contributed by atoms with Crippen LogP contribution in [-0.4, -0.2) is 49.8 Å². The standard InChI is InChI=1S/C13H23N3O4S/c1-10(9-19-3)21(17,18)15-12-5-4-6-20-13(12)11-7-14-16(2)8-11/h7-8,10,12-13,15H,4-6,9H2,1-3H3/t10-,12+,13-/m1/s1. The number of nitrogens with zero attached hydrogens (tertiary/aromatic N) is 2. The normalized spacial score (nSPS) is 24.9. The van der Waals surface area contributed by atoms with E-state index in [0.717, 1.165) is 18.4 Å². The average Bonchev–Trinajstić information content (AvgIpc) is 2.86. The molecular weight excluding hydrogens is 294 g/mol. The number of rotatable bonds is 6. The van der Waals surface area contributed by atoms with Crippen LogP contribution in [0, 0.1) is 0 Å². The van der Waals surface area contributed by atoms with Crippen LogP contribution in [0.4, 0.5) is 0 Å². The van der Waals surface area contributed by atoms with Crippen LogP contribution in [0.25, 0.3) is 0 Å². The molecule has 0 aromatic carbocycles. The Morgan fingerprint density at radius 3 is 3.00 bits per heavy atom. The maximum atomic E-state index is 12.3. The number of sulfonamides is 1. The third-order valence-electron chi connectivity index (χ3n) is 3.62. The lowest BCUT2D eigenvalue weighted by Crippen LogP contribution is -2.46. The highest BCUT2D eigenvalue weighted by Crippen LogP contribution is 2.28. The minimum Gasteiger partial charge on any atom is -0.383 e. The van der Waals surface area contributed by atoms with E-state index in [4.69, 9.17) is 9.47 Å². The number of aromatic nitrogens is 2. The Morgan fingerprint density at radius 2 is 2.38 bits per heavy atom. The minimum atomic E-state index is -3.44. The highest BCUT2D eigenvalue weighted by Gasteiger charge is 2.33. The van der Waals surface area contributed by atoms with Crippen LogP contribution in [-0.2, 0) is 26.5 Å². The summed E-state index contributed by atoms with van der Waals surface area (Å²) in [6.45, 7) is 2.43. The molecule has 1 N–H and O–H groups in total. The molecule has 0 radical (unpaired) electrons. The maximum Gasteiger partial charge on any atom is 0.216 e. The SMILES string of the molecule is COC[C@@H](C)S(=O)(=O)N[C@H]1CCCO[C@@H]1c1cnn(C)c1. The lowest BCUT2D eigenvalue weighted by atomic mass is 9.99. The molecule has 120 valence electrons. The van der Waals surface area contributed by atoms with Crippen molar-refractivity contribution in [3.05, 3.63) is 18.0 Å². The molecule has 1 fully saturated rings. The molecule has 1 saturated heterocycles. The fourth-order valence-corrected chi connectivity index (χ4v) is 3.68. The largest absolute Gasteiger partial charge is 0.383 e. The van der Waals surface area contributed by atoms with Gasteiger partial charge in [-0.3, -0.25) is 4.68 Å². The molecule has 3 atom stereocenters. The number of hydrogen-bond acceptors (Lipinski definition) is 5. The van der Waals surface area contributed by atoms with Gasteiger partial charge in [0.15, 0.2) is 0 Å². The number of hydrogen-bond donors (Lipinski definition) is 1. The van der Waals surface area contributed by atoms with Gasteiger partial charge in [0.25, 0.3) is 0 Å². The summed E-state index contributed by atoms with van der Waals surface area (Å²) in [5, 5.41) is 3.53. The van der Waals surface area contributed by atoms with Crippen LogP contribution in [0.5, 0.6) is 0 Å². The van der Waals surface area contributed by atoms with E-state index >= 15 is 0 Å². The molecule has 0 aliphatic carbocycles. The predicted molar refractivity (Wildman–Crippen MR) is 78.3 cm³/mol. The van der Waals surface area contributed by atoms with Gasteiger partial charge in [-0.05, 0) is 19.8 Å². The average molecular weight is 317 g/mol. The molecular formula is C13H23N3O4S. The fraction of sp³-hybridized carbons (Fsp3) is 0.769. The first kappa shape index (κ1) is 16.4. The topological polar surface area (TPSA) is 82.5 Å². The summed E-state index contributed by atoms with van der Waals surface area (Å²) in [6.07, 6.45) is 4.87. The first-order chi connectivity index (χ1) is 9.94. The van der Waals surface area contributed by atoms with E-state index in [-0.39, 0.29) is 18.8 Å². The van der Waals surface area contributed by atoms with Gasteiger partial charge in [0.2, 0.25) is 10.0 Å². The van der Waals surface area contributed by atoms with Gasteiger partial charge in [0.05, 0.1) is 24.1 Å². The zero-order chi connectivity index (χ0) is 15.5. The van der Waals surface area contributed by atoms with Crippen molar-refractivity contribution in [3.63, 3.8) is 0 Å². The second-order valence-electron chi connectivity index (χ2n) is 5.42. The van der Waals surface area contributed by atoms with Gasteiger partial charge < -0.3 is 9.47 Å². The van der Waals surface area contributed by atoms with E-state index in [1.807, 2.05) is 13.2 Å². The van der Waals surface area contributed by atoms with E-state index in [1.54, 1.807) is 17.8 Å². The highest BCUT2D eigenvalue weighted by atomic mass is 32.2. The number of methoxy groups -OCH3 is 1. The summed E-state index contributed by atoms with van der Waals surface area (Å²) in [5.41, 5.74) is 0.893. The summed E-state index contributed by atoms with van der Waals surface area (Å²) < 4.78 is 39.8.